The third kappa shape index (κ3) is 2.21. The maximum atomic E-state index is 10.8. The fourth-order valence-electron chi connectivity index (χ4n) is 1.96. The van der Waals surface area contributed by atoms with Gasteiger partial charge in [0.05, 0.1) is 6.61 Å². The summed E-state index contributed by atoms with van der Waals surface area (Å²) in [6.45, 7) is 1.99. The van der Waals surface area contributed by atoms with Gasteiger partial charge in [0.25, 0.3) is 0 Å². The van der Waals surface area contributed by atoms with Crippen LogP contribution in [0.15, 0.2) is 0 Å². The van der Waals surface area contributed by atoms with Crippen molar-refractivity contribution in [3.63, 3.8) is 0 Å². The van der Waals surface area contributed by atoms with Crippen LogP contribution in [0.5, 0.6) is 0 Å². The fourth-order valence-corrected chi connectivity index (χ4v) is 3.22. The molecule has 2 heterocycles. The Morgan fingerprint density at radius 1 is 1.57 bits per heavy atom. The van der Waals surface area contributed by atoms with Gasteiger partial charge in [0.1, 0.15) is 0 Å². The van der Waals surface area contributed by atoms with Crippen molar-refractivity contribution in [1.29, 1.82) is 0 Å². The third-order valence-corrected chi connectivity index (χ3v) is 3.94. The first-order valence-electron chi connectivity index (χ1n) is 4.93. The SMILES string of the molecule is O=C(O)C1CN(C2CCSC2)CCO1. The average Bonchev–Trinajstić information content (AvgIpc) is 2.71. The number of hydrogen-bond acceptors (Lipinski definition) is 4. The molecule has 2 saturated heterocycles. The molecule has 5 heteroatoms. The zero-order valence-corrected chi connectivity index (χ0v) is 8.83. The van der Waals surface area contributed by atoms with Crippen LogP contribution in [0, 0.1) is 0 Å². The van der Waals surface area contributed by atoms with Crippen LogP contribution in [0.25, 0.3) is 0 Å². The Balaban J connectivity index is 1.89. The number of carboxylic acid groups (broad SMARTS) is 1. The maximum Gasteiger partial charge on any atom is 0.334 e. The quantitative estimate of drug-likeness (QED) is 0.720. The van der Waals surface area contributed by atoms with E-state index in [0.29, 0.717) is 19.2 Å². The molecule has 80 valence electrons. The number of carboxylic acids is 1. The van der Waals surface area contributed by atoms with Crippen LogP contribution in [-0.2, 0) is 9.53 Å². The molecule has 0 amide bonds. The monoisotopic (exact) mass is 217 g/mol. The van der Waals surface area contributed by atoms with E-state index < -0.39 is 12.1 Å². The molecule has 2 unspecified atom stereocenters. The average molecular weight is 217 g/mol. The van der Waals surface area contributed by atoms with Crippen molar-refractivity contribution in [2.75, 3.05) is 31.2 Å². The van der Waals surface area contributed by atoms with Crippen molar-refractivity contribution < 1.29 is 14.6 Å². The molecule has 0 aromatic rings. The van der Waals surface area contributed by atoms with Crippen LogP contribution in [0.4, 0.5) is 0 Å². The fraction of sp³-hybridized carbons (Fsp3) is 0.889. The second kappa shape index (κ2) is 4.51. The van der Waals surface area contributed by atoms with Gasteiger partial charge in [-0.05, 0) is 12.2 Å². The van der Waals surface area contributed by atoms with Crippen molar-refractivity contribution in [3.8, 4) is 0 Å². The van der Waals surface area contributed by atoms with Gasteiger partial charge in [-0.15, -0.1) is 0 Å². The van der Waals surface area contributed by atoms with Crippen LogP contribution in [0.1, 0.15) is 6.42 Å². The van der Waals surface area contributed by atoms with Crippen molar-refractivity contribution in [2.45, 2.75) is 18.6 Å². The lowest BCUT2D eigenvalue weighted by Crippen LogP contribution is -2.50. The molecule has 2 aliphatic rings. The molecule has 0 bridgehead atoms. The van der Waals surface area contributed by atoms with Crippen molar-refractivity contribution in [2.24, 2.45) is 0 Å². The van der Waals surface area contributed by atoms with Gasteiger partial charge in [-0.2, -0.15) is 11.8 Å². The minimum atomic E-state index is -0.833. The Morgan fingerprint density at radius 3 is 3.07 bits per heavy atom. The second-order valence-electron chi connectivity index (χ2n) is 3.71. The highest BCUT2D eigenvalue weighted by Crippen LogP contribution is 2.23. The number of aliphatic carboxylic acids is 1. The maximum absolute atomic E-state index is 10.8. The molecule has 0 saturated carbocycles. The Kier molecular flexibility index (Phi) is 3.30. The molecule has 0 radical (unpaired) electrons. The van der Waals surface area contributed by atoms with Crippen LogP contribution in [0.3, 0.4) is 0 Å². The minimum Gasteiger partial charge on any atom is -0.479 e. The number of morpholine rings is 1. The van der Waals surface area contributed by atoms with E-state index in [0.717, 1.165) is 12.3 Å². The molecule has 0 spiro atoms. The molecule has 1 N–H and O–H groups in total. The molecular weight excluding hydrogens is 202 g/mol. The first-order chi connectivity index (χ1) is 6.77. The van der Waals surface area contributed by atoms with E-state index in [4.69, 9.17) is 9.84 Å². The van der Waals surface area contributed by atoms with Crippen molar-refractivity contribution in [3.05, 3.63) is 0 Å². The third-order valence-electron chi connectivity index (χ3n) is 2.80. The summed E-state index contributed by atoms with van der Waals surface area (Å²) in [6, 6.07) is 0.575. The van der Waals surface area contributed by atoms with Crippen LogP contribution < -0.4 is 0 Å². The lowest BCUT2D eigenvalue weighted by Gasteiger charge is -2.34. The molecule has 0 aromatic carbocycles. The lowest BCUT2D eigenvalue weighted by molar-refractivity contribution is -0.156. The summed E-state index contributed by atoms with van der Waals surface area (Å²) in [6.07, 6.45) is 0.575. The summed E-state index contributed by atoms with van der Waals surface area (Å²) in [5.41, 5.74) is 0. The Morgan fingerprint density at radius 2 is 2.43 bits per heavy atom. The van der Waals surface area contributed by atoms with Gasteiger partial charge in [0.15, 0.2) is 6.10 Å². The molecule has 2 rings (SSSR count). The van der Waals surface area contributed by atoms with Gasteiger partial charge < -0.3 is 9.84 Å². The second-order valence-corrected chi connectivity index (χ2v) is 4.86. The molecule has 2 fully saturated rings. The summed E-state index contributed by atoms with van der Waals surface area (Å²) >= 11 is 1.96. The Labute approximate surface area is 87.6 Å². The van der Waals surface area contributed by atoms with Crippen LogP contribution in [0.2, 0.25) is 0 Å². The van der Waals surface area contributed by atoms with Crippen molar-refractivity contribution in [1.82, 2.24) is 4.90 Å². The number of rotatable bonds is 2. The lowest BCUT2D eigenvalue weighted by atomic mass is 10.2. The van der Waals surface area contributed by atoms with Gasteiger partial charge in [-0.3, -0.25) is 4.90 Å². The number of thioether (sulfide) groups is 1. The topological polar surface area (TPSA) is 49.8 Å². The molecule has 14 heavy (non-hydrogen) atoms. The number of ether oxygens (including phenoxy) is 1. The molecule has 0 aliphatic carbocycles. The predicted molar refractivity (Wildman–Crippen MR) is 54.7 cm³/mol. The van der Waals surface area contributed by atoms with Crippen LogP contribution >= 0.6 is 11.8 Å². The summed E-state index contributed by atoms with van der Waals surface area (Å²) in [7, 11) is 0. The predicted octanol–water partition coefficient (Wildman–Crippen LogP) is 0.277. The minimum absolute atomic E-state index is 0.554. The van der Waals surface area contributed by atoms with Crippen LogP contribution in [-0.4, -0.2) is 59.3 Å². The highest BCUT2D eigenvalue weighted by atomic mass is 32.2. The number of nitrogens with zero attached hydrogens (tertiary/aromatic N) is 1. The first-order valence-corrected chi connectivity index (χ1v) is 6.09. The van der Waals surface area contributed by atoms with E-state index in [1.807, 2.05) is 11.8 Å². The van der Waals surface area contributed by atoms with Gasteiger partial charge >= 0.3 is 5.97 Å². The van der Waals surface area contributed by atoms with Gasteiger partial charge in [0, 0.05) is 24.9 Å². The van der Waals surface area contributed by atoms with Gasteiger partial charge in [-0.1, -0.05) is 0 Å². The van der Waals surface area contributed by atoms with Gasteiger partial charge in [0.2, 0.25) is 0 Å². The highest BCUT2D eigenvalue weighted by molar-refractivity contribution is 7.99. The number of carbonyl (C=O) groups is 1. The molecule has 2 aliphatic heterocycles. The molecule has 4 nitrogen and oxygen atoms in total. The normalized spacial score (nSPS) is 34.6. The van der Waals surface area contributed by atoms with E-state index >= 15 is 0 Å². The van der Waals surface area contributed by atoms with E-state index in [9.17, 15) is 4.79 Å². The summed E-state index contributed by atoms with van der Waals surface area (Å²) in [5.74, 6) is 1.52. The molecule has 0 aromatic heterocycles. The summed E-state index contributed by atoms with van der Waals surface area (Å²) < 4.78 is 5.18. The van der Waals surface area contributed by atoms with E-state index in [2.05, 4.69) is 4.90 Å². The van der Waals surface area contributed by atoms with E-state index in [1.165, 1.54) is 12.2 Å². The standard InChI is InChI=1S/C9H15NO3S/c11-9(12)8-5-10(2-3-13-8)7-1-4-14-6-7/h7-8H,1-6H2,(H,11,12). The van der Waals surface area contributed by atoms with Gasteiger partial charge in [-0.25, -0.2) is 4.79 Å². The molecular formula is C9H15NO3S. The zero-order valence-electron chi connectivity index (χ0n) is 8.02. The summed E-state index contributed by atoms with van der Waals surface area (Å²) in [4.78, 5) is 13.0. The molecule has 2 atom stereocenters. The largest absolute Gasteiger partial charge is 0.479 e. The smallest absolute Gasteiger partial charge is 0.334 e. The van der Waals surface area contributed by atoms with E-state index in [-0.39, 0.29) is 0 Å². The number of hydrogen-bond donors (Lipinski definition) is 1. The van der Waals surface area contributed by atoms with E-state index in [1.54, 1.807) is 0 Å². The van der Waals surface area contributed by atoms with Crippen molar-refractivity contribution >= 4 is 17.7 Å². The Hall–Kier alpha value is -0.260. The zero-order chi connectivity index (χ0) is 9.97. The Bertz CT molecular complexity index is 218. The first kappa shape index (κ1) is 10.3. The highest BCUT2D eigenvalue weighted by Gasteiger charge is 2.31. The summed E-state index contributed by atoms with van der Waals surface area (Å²) in [5, 5.41) is 8.84.